The summed E-state index contributed by atoms with van der Waals surface area (Å²) in [6.45, 7) is 20.0. The molecule has 0 bridgehead atoms. The van der Waals surface area contributed by atoms with Gasteiger partial charge in [-0.1, -0.05) is 126 Å². The van der Waals surface area contributed by atoms with Gasteiger partial charge in [0.05, 0.1) is 0 Å². The summed E-state index contributed by atoms with van der Waals surface area (Å²) < 4.78 is 1.31. The Bertz CT molecular complexity index is 1100. The molecule has 0 aromatic heterocycles. The van der Waals surface area contributed by atoms with Crippen molar-refractivity contribution in [3.8, 4) is 0 Å². The zero-order chi connectivity index (χ0) is 27.6. The van der Waals surface area contributed by atoms with E-state index in [1.807, 2.05) is 0 Å². The Labute approximate surface area is 275 Å². The second kappa shape index (κ2) is 9.21. The molecule has 6 rings (SSSR count). The van der Waals surface area contributed by atoms with Crippen LogP contribution in [0.1, 0.15) is 125 Å². The molecule has 0 heterocycles. The van der Waals surface area contributed by atoms with Crippen molar-refractivity contribution in [3.05, 3.63) is 35.5 Å². The summed E-state index contributed by atoms with van der Waals surface area (Å²) >= 11 is 8.95. The summed E-state index contributed by atoms with van der Waals surface area (Å²) in [4.78, 5) is 0. The predicted molar refractivity (Wildman–Crippen MR) is 190 cm³/mol. The van der Waals surface area contributed by atoms with E-state index in [9.17, 15) is 0 Å². The Morgan fingerprint density at radius 1 is 0.789 bits per heavy atom. The van der Waals surface area contributed by atoms with Crippen LogP contribution in [0, 0.1) is 39.4 Å². The Balaban J connectivity index is 1.34. The maximum absolute atomic E-state index is 4.34. The lowest BCUT2D eigenvalue weighted by molar-refractivity contribution is -0.186. The van der Waals surface area contributed by atoms with Crippen molar-refractivity contribution < 1.29 is 0 Å². The fourth-order valence-corrected chi connectivity index (χ4v) is 17.5. The average molecular weight is 853 g/mol. The van der Waals surface area contributed by atoms with Crippen LogP contribution in [-0.2, 0) is 0 Å². The van der Waals surface area contributed by atoms with Gasteiger partial charge in [0.25, 0.3) is 0 Å². The molecule has 0 aliphatic heterocycles. The minimum atomic E-state index is 0.240. The lowest BCUT2D eigenvalue weighted by Gasteiger charge is -2.74. The van der Waals surface area contributed by atoms with Crippen molar-refractivity contribution >= 4 is 67.8 Å². The maximum atomic E-state index is 4.34. The number of hydrogen-bond acceptors (Lipinski definition) is 0. The van der Waals surface area contributed by atoms with E-state index in [0.717, 1.165) is 17.8 Å². The number of hydrogen-bond donors (Lipinski definition) is 0. The normalized spacial score (nSPS) is 56.1. The van der Waals surface area contributed by atoms with Gasteiger partial charge in [-0.2, -0.15) is 0 Å². The Kier molecular flexibility index (Phi) is 7.14. The van der Waals surface area contributed by atoms with Crippen molar-refractivity contribution in [2.45, 2.75) is 135 Å². The molecule has 0 nitrogen and oxygen atoms in total. The van der Waals surface area contributed by atoms with Crippen LogP contribution in [0.25, 0.3) is 0 Å². The highest BCUT2D eigenvalue weighted by molar-refractivity contribution is 14.1. The van der Waals surface area contributed by atoms with Gasteiger partial charge in [0.15, 0.2) is 0 Å². The van der Waals surface area contributed by atoms with Gasteiger partial charge in [0, 0.05) is 10.3 Å². The molecule has 10 atom stereocenters. The van der Waals surface area contributed by atoms with E-state index in [4.69, 9.17) is 0 Å². The van der Waals surface area contributed by atoms with Gasteiger partial charge in [0.1, 0.15) is 0 Å². The van der Waals surface area contributed by atoms with E-state index >= 15 is 0 Å². The van der Waals surface area contributed by atoms with Crippen molar-refractivity contribution in [1.82, 2.24) is 0 Å². The molecule has 0 amide bonds. The molecular weight excluding hydrogens is 801 g/mol. The topological polar surface area (TPSA) is 0 Å². The summed E-state index contributed by atoms with van der Waals surface area (Å²) in [6, 6.07) is 0. The lowest BCUT2D eigenvalue weighted by Crippen LogP contribution is -2.70. The standard InChI is InChI=1S/C35H51I3/c1-23(2)29(3)16-10-24(11-17-29)25-12-18-30(4)26-14-20-35(38)28-9-8-15-34(28,37)22-21-32(35,6)31(26,5)19-13-27(30)33(25,7)36/h10,12,26-28H,1,8-9,11,13-22H2,2-7H3/t26?,27?,28?,29?,30?,31?,32-,33?,34?,35?/m0/s1. The van der Waals surface area contributed by atoms with Crippen LogP contribution >= 0.6 is 67.8 Å². The summed E-state index contributed by atoms with van der Waals surface area (Å²) in [5.74, 6) is 2.56. The molecule has 6 aliphatic carbocycles. The zero-order valence-corrected chi connectivity index (χ0v) is 31.4. The quantitative estimate of drug-likeness (QED) is 0.148. The van der Waals surface area contributed by atoms with E-state index in [1.54, 1.807) is 11.1 Å². The first kappa shape index (κ1) is 29.5. The van der Waals surface area contributed by atoms with E-state index in [1.165, 1.54) is 89.0 Å². The molecule has 9 unspecified atom stereocenters. The number of fused-ring (bicyclic) bond motifs is 7. The highest BCUT2D eigenvalue weighted by atomic mass is 127. The highest BCUT2D eigenvalue weighted by Gasteiger charge is 2.73. The van der Waals surface area contributed by atoms with Crippen LogP contribution in [0.5, 0.6) is 0 Å². The molecule has 0 saturated heterocycles. The third kappa shape index (κ3) is 3.72. The molecule has 38 heavy (non-hydrogen) atoms. The highest BCUT2D eigenvalue weighted by Crippen LogP contribution is 2.79. The van der Waals surface area contributed by atoms with Crippen molar-refractivity contribution in [2.75, 3.05) is 0 Å². The van der Waals surface area contributed by atoms with Crippen LogP contribution in [0.15, 0.2) is 35.5 Å². The smallest absolute Gasteiger partial charge is 0.0475 e. The molecule has 4 saturated carbocycles. The minimum absolute atomic E-state index is 0.240. The van der Waals surface area contributed by atoms with Gasteiger partial charge < -0.3 is 0 Å². The molecular formula is C35H51I3. The Morgan fingerprint density at radius 3 is 2.16 bits per heavy atom. The van der Waals surface area contributed by atoms with Crippen LogP contribution in [0.2, 0.25) is 0 Å². The number of halogens is 3. The molecule has 4 fully saturated rings. The monoisotopic (exact) mass is 852 g/mol. The predicted octanol–water partition coefficient (Wildman–Crippen LogP) is 12.0. The average Bonchev–Trinajstić information content (AvgIpc) is 3.24. The number of alkyl halides is 3. The number of rotatable bonds is 2. The van der Waals surface area contributed by atoms with Crippen molar-refractivity contribution in [3.63, 3.8) is 0 Å². The maximum Gasteiger partial charge on any atom is 0.0475 e. The van der Waals surface area contributed by atoms with E-state index in [-0.39, 0.29) is 3.42 Å². The van der Waals surface area contributed by atoms with Gasteiger partial charge in [-0.05, 0) is 141 Å². The molecule has 212 valence electrons. The Morgan fingerprint density at radius 2 is 1.50 bits per heavy atom. The molecule has 0 spiro atoms. The molecule has 0 radical (unpaired) electrons. The summed E-state index contributed by atoms with van der Waals surface area (Å²) in [7, 11) is 0. The molecule has 3 heteroatoms. The van der Waals surface area contributed by atoms with Gasteiger partial charge in [-0.15, -0.1) is 0 Å². The molecule has 0 aromatic carbocycles. The fraction of sp³-hybridized carbons (Fsp3) is 0.829. The first-order valence-corrected chi connectivity index (χ1v) is 18.9. The fourth-order valence-electron chi connectivity index (χ4n) is 11.7. The lowest BCUT2D eigenvalue weighted by atomic mass is 9.34. The first-order chi connectivity index (χ1) is 17.6. The zero-order valence-electron chi connectivity index (χ0n) is 24.9. The van der Waals surface area contributed by atoms with Crippen LogP contribution in [0.4, 0.5) is 0 Å². The van der Waals surface area contributed by atoms with Crippen molar-refractivity contribution in [1.29, 1.82) is 0 Å². The van der Waals surface area contributed by atoms with Gasteiger partial charge in [-0.25, -0.2) is 0 Å². The summed E-state index contributed by atoms with van der Waals surface area (Å²) in [5.41, 5.74) is 6.37. The van der Waals surface area contributed by atoms with E-state index < -0.39 is 0 Å². The van der Waals surface area contributed by atoms with Crippen molar-refractivity contribution in [2.24, 2.45) is 39.4 Å². The van der Waals surface area contributed by atoms with E-state index in [0.29, 0.717) is 28.5 Å². The summed E-state index contributed by atoms with van der Waals surface area (Å²) in [6.07, 6.45) is 23.5. The molecule has 0 N–H and O–H groups in total. The second-order valence-corrected chi connectivity index (χ2v) is 22.3. The van der Waals surface area contributed by atoms with Crippen LogP contribution in [0.3, 0.4) is 0 Å². The largest absolute Gasteiger partial charge is 0.0996 e. The molecule has 6 aliphatic rings. The molecule has 0 aromatic rings. The first-order valence-electron chi connectivity index (χ1n) is 15.7. The van der Waals surface area contributed by atoms with Gasteiger partial charge in [-0.3, -0.25) is 0 Å². The third-order valence-electron chi connectivity index (χ3n) is 14.6. The Hall–Kier alpha value is 1.41. The van der Waals surface area contributed by atoms with Gasteiger partial charge >= 0.3 is 0 Å². The second-order valence-electron chi connectivity index (χ2n) is 16.0. The van der Waals surface area contributed by atoms with Crippen LogP contribution < -0.4 is 0 Å². The van der Waals surface area contributed by atoms with Crippen LogP contribution in [-0.4, -0.2) is 10.3 Å². The van der Waals surface area contributed by atoms with E-state index in [2.05, 4.69) is 128 Å². The minimum Gasteiger partial charge on any atom is -0.0996 e. The SMILES string of the molecule is C=C(C)C1(C)CC=C(C2=CCC3(C)C(CCC4(C)C3CCC3(I)C5CCCC5(I)CC[C@@]43C)C2(C)I)CC1. The number of allylic oxidation sites excluding steroid dienone is 5. The van der Waals surface area contributed by atoms with Gasteiger partial charge in [0.2, 0.25) is 0 Å². The third-order valence-corrected chi connectivity index (χ3v) is 20.3. The summed E-state index contributed by atoms with van der Waals surface area (Å²) in [5, 5.41) is 0.